The van der Waals surface area contributed by atoms with Gasteiger partial charge in [-0.25, -0.2) is 0 Å². The van der Waals surface area contributed by atoms with Gasteiger partial charge in [-0.3, -0.25) is 4.79 Å². The molecule has 2 aromatic rings. The molecule has 2 fully saturated rings. The quantitative estimate of drug-likeness (QED) is 0.829. The largest absolute Gasteiger partial charge is 0.459 e. The summed E-state index contributed by atoms with van der Waals surface area (Å²) in [5, 5.41) is 0. The molecule has 3 heterocycles. The zero-order chi connectivity index (χ0) is 18.0. The van der Waals surface area contributed by atoms with E-state index in [-0.39, 0.29) is 11.5 Å². The molecule has 0 unspecified atom stereocenters. The summed E-state index contributed by atoms with van der Waals surface area (Å²) in [6.45, 7) is 4.46. The Morgan fingerprint density at radius 2 is 1.96 bits per heavy atom. The van der Waals surface area contributed by atoms with Gasteiger partial charge in [-0.05, 0) is 62.6 Å². The van der Waals surface area contributed by atoms with E-state index in [9.17, 15) is 4.79 Å². The molecule has 0 aliphatic carbocycles. The summed E-state index contributed by atoms with van der Waals surface area (Å²) in [6, 6.07) is 12.4. The lowest BCUT2D eigenvalue weighted by atomic mass is 9.77. The number of amides is 1. The van der Waals surface area contributed by atoms with Crippen LogP contribution in [0.2, 0.25) is 0 Å². The van der Waals surface area contributed by atoms with Crippen molar-refractivity contribution < 1.29 is 13.9 Å². The molecule has 1 aromatic heterocycles. The number of hydrogen-bond donors (Lipinski definition) is 0. The van der Waals surface area contributed by atoms with E-state index in [4.69, 9.17) is 9.15 Å². The Balaban J connectivity index is 1.35. The van der Waals surface area contributed by atoms with Crippen LogP contribution in [0.5, 0.6) is 0 Å². The third kappa shape index (κ3) is 3.70. The highest BCUT2D eigenvalue weighted by Gasteiger charge is 2.41. The van der Waals surface area contributed by atoms with Crippen LogP contribution in [0.15, 0.2) is 47.1 Å². The van der Waals surface area contributed by atoms with Crippen molar-refractivity contribution in [3.8, 4) is 0 Å². The van der Waals surface area contributed by atoms with Gasteiger partial charge in [-0.1, -0.05) is 29.8 Å². The van der Waals surface area contributed by atoms with Crippen molar-refractivity contribution in [3.05, 3.63) is 59.5 Å². The van der Waals surface area contributed by atoms with Crippen LogP contribution in [0.3, 0.4) is 0 Å². The molecule has 2 saturated heterocycles. The molecule has 2 aliphatic heterocycles. The molecule has 1 atom stereocenters. The lowest BCUT2D eigenvalue weighted by Crippen LogP contribution is -2.51. The maximum Gasteiger partial charge on any atom is 0.289 e. The second-order valence-corrected chi connectivity index (χ2v) is 7.85. The molecule has 0 bridgehead atoms. The first-order chi connectivity index (χ1) is 12.6. The lowest BCUT2D eigenvalue weighted by Gasteiger charge is -2.46. The van der Waals surface area contributed by atoms with Crippen LogP contribution in [0, 0.1) is 12.8 Å². The summed E-state index contributed by atoms with van der Waals surface area (Å²) in [4.78, 5) is 14.4. The van der Waals surface area contributed by atoms with E-state index in [1.165, 1.54) is 11.1 Å². The zero-order valence-electron chi connectivity index (χ0n) is 15.4. The minimum atomic E-state index is -0.0481. The highest BCUT2D eigenvalue weighted by atomic mass is 16.5. The number of furan rings is 1. The number of rotatable bonds is 3. The van der Waals surface area contributed by atoms with Gasteiger partial charge in [-0.15, -0.1) is 0 Å². The summed E-state index contributed by atoms with van der Waals surface area (Å²) in [7, 11) is 0. The first kappa shape index (κ1) is 17.3. The molecule has 2 aliphatic rings. The molecule has 1 spiro atoms. The number of likely N-dealkylation sites (tertiary alicyclic amines) is 1. The Bertz CT molecular complexity index is 727. The summed E-state index contributed by atoms with van der Waals surface area (Å²) in [6.07, 6.45) is 6.75. The molecule has 4 heteroatoms. The highest BCUT2D eigenvalue weighted by Crippen LogP contribution is 2.39. The van der Waals surface area contributed by atoms with Gasteiger partial charge >= 0.3 is 0 Å². The Hall–Kier alpha value is -2.07. The van der Waals surface area contributed by atoms with E-state index in [0.29, 0.717) is 11.7 Å². The van der Waals surface area contributed by atoms with E-state index in [0.717, 1.165) is 51.8 Å². The molecule has 1 aromatic carbocycles. The molecular weight excluding hydrogens is 326 g/mol. The molecule has 4 rings (SSSR count). The van der Waals surface area contributed by atoms with E-state index in [1.807, 2.05) is 4.90 Å². The molecule has 0 N–H and O–H groups in total. The Kier molecular flexibility index (Phi) is 4.86. The summed E-state index contributed by atoms with van der Waals surface area (Å²) >= 11 is 0. The normalized spacial score (nSPS) is 22.5. The van der Waals surface area contributed by atoms with E-state index < -0.39 is 0 Å². The van der Waals surface area contributed by atoms with Crippen molar-refractivity contribution in [1.29, 1.82) is 0 Å². The number of ether oxygens (including phenoxy) is 1. The first-order valence-corrected chi connectivity index (χ1v) is 9.66. The van der Waals surface area contributed by atoms with Gasteiger partial charge in [0.1, 0.15) is 0 Å². The van der Waals surface area contributed by atoms with Gasteiger partial charge in [0, 0.05) is 19.7 Å². The molecule has 26 heavy (non-hydrogen) atoms. The average Bonchev–Trinajstić information content (AvgIpc) is 3.19. The van der Waals surface area contributed by atoms with Crippen LogP contribution < -0.4 is 0 Å². The van der Waals surface area contributed by atoms with Crippen LogP contribution in [0.25, 0.3) is 0 Å². The predicted molar refractivity (Wildman–Crippen MR) is 100 cm³/mol. The smallest absolute Gasteiger partial charge is 0.289 e. The Morgan fingerprint density at radius 1 is 1.19 bits per heavy atom. The van der Waals surface area contributed by atoms with Crippen LogP contribution in [0.1, 0.15) is 47.4 Å². The minimum Gasteiger partial charge on any atom is -0.459 e. The number of hydrogen-bond acceptors (Lipinski definition) is 3. The molecule has 1 amide bonds. The van der Waals surface area contributed by atoms with Crippen molar-refractivity contribution in [1.82, 2.24) is 4.90 Å². The fourth-order valence-electron chi connectivity index (χ4n) is 4.38. The van der Waals surface area contributed by atoms with Crippen molar-refractivity contribution >= 4 is 5.91 Å². The maximum atomic E-state index is 12.5. The number of piperidine rings is 1. The zero-order valence-corrected chi connectivity index (χ0v) is 15.4. The fourth-order valence-corrected chi connectivity index (χ4v) is 4.38. The van der Waals surface area contributed by atoms with Crippen molar-refractivity contribution in [3.63, 3.8) is 0 Å². The fraction of sp³-hybridized carbons (Fsp3) is 0.500. The van der Waals surface area contributed by atoms with E-state index in [2.05, 4.69) is 31.2 Å². The summed E-state index contributed by atoms with van der Waals surface area (Å²) in [5.41, 5.74) is 2.68. The van der Waals surface area contributed by atoms with Gasteiger partial charge in [0.05, 0.1) is 11.9 Å². The van der Waals surface area contributed by atoms with Crippen LogP contribution in [-0.4, -0.2) is 36.1 Å². The van der Waals surface area contributed by atoms with Crippen LogP contribution >= 0.6 is 0 Å². The number of carbonyl (C=O) groups is 1. The van der Waals surface area contributed by atoms with Crippen molar-refractivity contribution in [2.75, 3.05) is 19.7 Å². The number of aryl methyl sites for hydroxylation is 1. The standard InChI is InChI=1S/C22H27NO3/c1-17-4-6-18(7-5-17)15-19-8-14-26-22(16-19)9-11-23(12-10-22)21(24)20-3-2-13-25-20/h2-7,13,19H,8-12,14-16H2,1H3/t19-/m1/s1. The van der Waals surface area contributed by atoms with Gasteiger partial charge < -0.3 is 14.1 Å². The second kappa shape index (κ2) is 7.28. The lowest BCUT2D eigenvalue weighted by molar-refractivity contribution is -0.123. The van der Waals surface area contributed by atoms with Gasteiger partial charge in [-0.2, -0.15) is 0 Å². The Morgan fingerprint density at radius 3 is 2.65 bits per heavy atom. The Labute approximate surface area is 155 Å². The molecule has 138 valence electrons. The molecule has 0 saturated carbocycles. The van der Waals surface area contributed by atoms with Crippen molar-refractivity contribution in [2.45, 2.75) is 44.6 Å². The molecular formula is C22H27NO3. The predicted octanol–water partition coefficient (Wildman–Crippen LogP) is 4.23. The second-order valence-electron chi connectivity index (χ2n) is 7.85. The maximum absolute atomic E-state index is 12.5. The summed E-state index contributed by atoms with van der Waals surface area (Å²) < 4.78 is 11.5. The third-order valence-electron chi connectivity index (χ3n) is 5.93. The van der Waals surface area contributed by atoms with Gasteiger partial charge in [0.2, 0.25) is 0 Å². The van der Waals surface area contributed by atoms with E-state index in [1.54, 1.807) is 18.4 Å². The topological polar surface area (TPSA) is 42.7 Å². The van der Waals surface area contributed by atoms with Gasteiger partial charge in [0.15, 0.2) is 5.76 Å². The van der Waals surface area contributed by atoms with Crippen LogP contribution in [0.4, 0.5) is 0 Å². The van der Waals surface area contributed by atoms with E-state index >= 15 is 0 Å². The SMILES string of the molecule is Cc1ccc(C[C@H]2CCOC3(CCN(C(=O)c4ccco4)CC3)C2)cc1. The number of benzene rings is 1. The molecule has 4 nitrogen and oxygen atoms in total. The average molecular weight is 353 g/mol. The minimum absolute atomic E-state index is 0.00290. The third-order valence-corrected chi connectivity index (χ3v) is 5.93. The van der Waals surface area contributed by atoms with Crippen molar-refractivity contribution in [2.24, 2.45) is 5.92 Å². The summed E-state index contributed by atoms with van der Waals surface area (Å²) in [5.74, 6) is 1.10. The number of nitrogens with zero attached hydrogens (tertiary/aromatic N) is 1. The first-order valence-electron chi connectivity index (χ1n) is 9.66. The van der Waals surface area contributed by atoms with Gasteiger partial charge in [0.25, 0.3) is 5.91 Å². The molecule has 0 radical (unpaired) electrons. The monoisotopic (exact) mass is 353 g/mol. The number of carbonyl (C=O) groups excluding carboxylic acids is 1. The van der Waals surface area contributed by atoms with Crippen LogP contribution in [-0.2, 0) is 11.2 Å². The highest BCUT2D eigenvalue weighted by molar-refractivity contribution is 5.91.